The largest absolute Gasteiger partial charge is 0.355 e. The minimum atomic E-state index is -0.409. The van der Waals surface area contributed by atoms with Gasteiger partial charge in [0.05, 0.1) is 12.1 Å². The van der Waals surface area contributed by atoms with Crippen LogP contribution in [0.4, 0.5) is 0 Å². The molecule has 4 N–H and O–H groups in total. The third kappa shape index (κ3) is 5.66. The molecule has 1 amide bonds. The van der Waals surface area contributed by atoms with Gasteiger partial charge in [-0.05, 0) is 26.8 Å². The SMILES string of the molecule is CNC(C)C(=O)NCCCC(N)C=O. The molecule has 0 spiro atoms. The van der Waals surface area contributed by atoms with E-state index in [4.69, 9.17) is 5.73 Å². The van der Waals surface area contributed by atoms with Gasteiger partial charge < -0.3 is 21.2 Å². The molecular weight excluding hydrogens is 182 g/mol. The maximum absolute atomic E-state index is 11.2. The van der Waals surface area contributed by atoms with Crippen LogP contribution in [0, 0.1) is 0 Å². The number of likely N-dealkylation sites (N-methyl/N-ethyl adjacent to an activating group) is 1. The summed E-state index contributed by atoms with van der Waals surface area (Å²) >= 11 is 0. The molecule has 0 rings (SSSR count). The van der Waals surface area contributed by atoms with E-state index in [9.17, 15) is 9.59 Å². The van der Waals surface area contributed by atoms with Crippen LogP contribution < -0.4 is 16.4 Å². The molecule has 5 heteroatoms. The molecule has 0 bridgehead atoms. The fraction of sp³-hybridized carbons (Fsp3) is 0.778. The van der Waals surface area contributed by atoms with E-state index in [1.165, 1.54) is 0 Å². The van der Waals surface area contributed by atoms with Crippen LogP contribution in [0.3, 0.4) is 0 Å². The number of hydrogen-bond donors (Lipinski definition) is 3. The van der Waals surface area contributed by atoms with Crippen molar-refractivity contribution < 1.29 is 9.59 Å². The van der Waals surface area contributed by atoms with Gasteiger partial charge in [0, 0.05) is 6.54 Å². The van der Waals surface area contributed by atoms with Crippen molar-refractivity contribution in [1.82, 2.24) is 10.6 Å². The van der Waals surface area contributed by atoms with Gasteiger partial charge in [-0.1, -0.05) is 0 Å². The molecule has 0 saturated heterocycles. The number of carbonyl (C=O) groups excluding carboxylic acids is 2. The summed E-state index contributed by atoms with van der Waals surface area (Å²) in [7, 11) is 1.73. The predicted molar refractivity (Wildman–Crippen MR) is 54.8 cm³/mol. The zero-order valence-corrected chi connectivity index (χ0v) is 8.75. The second kappa shape index (κ2) is 7.46. The molecule has 5 nitrogen and oxygen atoms in total. The average Bonchev–Trinajstić information content (AvgIpc) is 2.22. The van der Waals surface area contributed by atoms with Crippen LogP contribution in [0.2, 0.25) is 0 Å². The number of aldehydes is 1. The summed E-state index contributed by atoms with van der Waals surface area (Å²) in [5.41, 5.74) is 5.38. The van der Waals surface area contributed by atoms with Gasteiger partial charge in [0.2, 0.25) is 5.91 Å². The van der Waals surface area contributed by atoms with Crippen LogP contribution in [0.25, 0.3) is 0 Å². The molecule has 0 aromatic rings. The Labute approximate surface area is 84.4 Å². The molecule has 0 aliphatic rings. The molecule has 82 valence electrons. The Morgan fingerprint density at radius 3 is 2.71 bits per heavy atom. The zero-order valence-electron chi connectivity index (χ0n) is 8.75. The highest BCUT2D eigenvalue weighted by atomic mass is 16.2. The lowest BCUT2D eigenvalue weighted by molar-refractivity contribution is -0.122. The number of nitrogens with two attached hydrogens (primary N) is 1. The van der Waals surface area contributed by atoms with E-state index >= 15 is 0 Å². The minimum absolute atomic E-state index is 0.0350. The number of nitrogens with one attached hydrogen (secondary N) is 2. The van der Waals surface area contributed by atoms with E-state index in [-0.39, 0.29) is 11.9 Å². The maximum atomic E-state index is 11.2. The van der Waals surface area contributed by atoms with Gasteiger partial charge in [-0.25, -0.2) is 0 Å². The highest BCUT2D eigenvalue weighted by molar-refractivity contribution is 5.81. The molecule has 0 aromatic heterocycles. The van der Waals surface area contributed by atoms with Crippen molar-refractivity contribution >= 4 is 12.2 Å². The fourth-order valence-corrected chi connectivity index (χ4v) is 0.902. The lowest BCUT2D eigenvalue weighted by Crippen LogP contribution is -2.41. The van der Waals surface area contributed by atoms with Gasteiger partial charge in [-0.15, -0.1) is 0 Å². The molecule has 0 fully saturated rings. The Morgan fingerprint density at radius 1 is 1.57 bits per heavy atom. The van der Waals surface area contributed by atoms with Crippen molar-refractivity contribution in [2.75, 3.05) is 13.6 Å². The van der Waals surface area contributed by atoms with Crippen LogP contribution in [0.5, 0.6) is 0 Å². The number of hydrogen-bond acceptors (Lipinski definition) is 4. The van der Waals surface area contributed by atoms with Crippen molar-refractivity contribution in [2.24, 2.45) is 5.73 Å². The average molecular weight is 201 g/mol. The lowest BCUT2D eigenvalue weighted by Gasteiger charge is -2.11. The lowest BCUT2D eigenvalue weighted by atomic mass is 10.2. The Morgan fingerprint density at radius 2 is 2.21 bits per heavy atom. The number of rotatable bonds is 7. The molecule has 0 radical (unpaired) electrons. The standard InChI is InChI=1S/C9H19N3O2/c1-7(11-2)9(14)12-5-3-4-8(10)6-13/h6-8,11H,3-5,10H2,1-2H3,(H,12,14). The maximum Gasteiger partial charge on any atom is 0.236 e. The van der Waals surface area contributed by atoms with Crippen LogP contribution in [-0.2, 0) is 9.59 Å². The Bertz CT molecular complexity index is 185. The molecule has 14 heavy (non-hydrogen) atoms. The quantitative estimate of drug-likeness (QED) is 0.365. The molecule has 0 saturated carbocycles. The summed E-state index contributed by atoms with van der Waals surface area (Å²) in [6.45, 7) is 2.35. The second-order valence-corrected chi connectivity index (χ2v) is 3.24. The Balaban J connectivity index is 3.45. The number of amides is 1. The van der Waals surface area contributed by atoms with E-state index in [0.717, 1.165) is 12.7 Å². The Hall–Kier alpha value is -0.940. The summed E-state index contributed by atoms with van der Waals surface area (Å²) in [5, 5.41) is 5.57. The van der Waals surface area contributed by atoms with Crippen molar-refractivity contribution in [1.29, 1.82) is 0 Å². The first-order valence-corrected chi connectivity index (χ1v) is 4.77. The first kappa shape index (κ1) is 13.1. The van der Waals surface area contributed by atoms with Crippen molar-refractivity contribution in [3.63, 3.8) is 0 Å². The third-order valence-corrected chi connectivity index (χ3v) is 2.01. The highest BCUT2D eigenvalue weighted by Gasteiger charge is 2.08. The second-order valence-electron chi connectivity index (χ2n) is 3.24. The zero-order chi connectivity index (χ0) is 11.0. The molecule has 0 aromatic carbocycles. The molecular formula is C9H19N3O2. The molecule has 0 aliphatic carbocycles. The van der Waals surface area contributed by atoms with Crippen LogP contribution in [0.15, 0.2) is 0 Å². The summed E-state index contributed by atoms with van der Waals surface area (Å²) in [4.78, 5) is 21.4. The van der Waals surface area contributed by atoms with Crippen molar-refractivity contribution in [2.45, 2.75) is 31.8 Å². The van der Waals surface area contributed by atoms with Gasteiger partial charge in [-0.2, -0.15) is 0 Å². The van der Waals surface area contributed by atoms with E-state index in [1.807, 2.05) is 0 Å². The van der Waals surface area contributed by atoms with Crippen molar-refractivity contribution in [3.05, 3.63) is 0 Å². The monoisotopic (exact) mass is 201 g/mol. The number of carbonyl (C=O) groups is 2. The smallest absolute Gasteiger partial charge is 0.236 e. The summed E-state index contributed by atoms with van der Waals surface area (Å²) in [6, 6.07) is -0.594. The molecule has 2 unspecified atom stereocenters. The van der Waals surface area contributed by atoms with E-state index in [2.05, 4.69) is 10.6 Å². The minimum Gasteiger partial charge on any atom is -0.355 e. The van der Waals surface area contributed by atoms with Crippen LogP contribution >= 0.6 is 0 Å². The summed E-state index contributed by atoms with van der Waals surface area (Å²) < 4.78 is 0. The highest BCUT2D eigenvalue weighted by Crippen LogP contribution is 1.90. The molecule has 0 aliphatic heterocycles. The van der Waals surface area contributed by atoms with Gasteiger partial charge in [0.1, 0.15) is 6.29 Å². The van der Waals surface area contributed by atoms with Crippen LogP contribution in [-0.4, -0.2) is 37.9 Å². The van der Waals surface area contributed by atoms with Gasteiger partial charge in [0.15, 0.2) is 0 Å². The van der Waals surface area contributed by atoms with E-state index in [0.29, 0.717) is 13.0 Å². The third-order valence-electron chi connectivity index (χ3n) is 2.01. The predicted octanol–water partition coefficient (Wildman–Crippen LogP) is -0.983. The topological polar surface area (TPSA) is 84.2 Å². The Kier molecular flexibility index (Phi) is 6.96. The van der Waals surface area contributed by atoms with Gasteiger partial charge >= 0.3 is 0 Å². The van der Waals surface area contributed by atoms with Gasteiger partial charge in [-0.3, -0.25) is 4.79 Å². The first-order chi connectivity index (χ1) is 6.61. The summed E-state index contributed by atoms with van der Waals surface area (Å²) in [5.74, 6) is -0.0350. The normalized spacial score (nSPS) is 14.5. The van der Waals surface area contributed by atoms with Gasteiger partial charge in [0.25, 0.3) is 0 Å². The van der Waals surface area contributed by atoms with Crippen molar-refractivity contribution in [3.8, 4) is 0 Å². The van der Waals surface area contributed by atoms with E-state index in [1.54, 1.807) is 14.0 Å². The first-order valence-electron chi connectivity index (χ1n) is 4.77. The van der Waals surface area contributed by atoms with Crippen LogP contribution in [0.1, 0.15) is 19.8 Å². The molecule has 2 atom stereocenters. The fourth-order valence-electron chi connectivity index (χ4n) is 0.902. The molecule has 0 heterocycles. The van der Waals surface area contributed by atoms with E-state index < -0.39 is 6.04 Å². The summed E-state index contributed by atoms with van der Waals surface area (Å²) in [6.07, 6.45) is 2.05.